The van der Waals surface area contributed by atoms with Crippen LogP contribution in [0.2, 0.25) is 5.02 Å². The smallest absolute Gasteiger partial charge is 0.303 e. The molecule has 0 saturated carbocycles. The van der Waals surface area contributed by atoms with Gasteiger partial charge in [-0.3, -0.25) is 4.79 Å². The third-order valence-corrected chi connectivity index (χ3v) is 4.84. The van der Waals surface area contributed by atoms with Crippen LogP contribution in [0.4, 0.5) is 0 Å². The predicted octanol–water partition coefficient (Wildman–Crippen LogP) is 1.88. The van der Waals surface area contributed by atoms with Crippen LogP contribution in [0.25, 0.3) is 10.9 Å². The topological polar surface area (TPSA) is 55.9 Å². The second-order valence-electron chi connectivity index (χ2n) is 3.73. The fraction of sp³-hybridized carbons (Fsp3) is 0.250. The lowest BCUT2D eigenvalue weighted by atomic mass is 10.2. The monoisotopic (exact) mass is 269 g/mol. The number of aromatic nitrogens is 1. The van der Waals surface area contributed by atoms with Crippen LogP contribution >= 0.6 is 11.6 Å². The highest BCUT2D eigenvalue weighted by atomic mass is 35.5. The van der Waals surface area contributed by atoms with E-state index in [0.29, 0.717) is 20.8 Å². The van der Waals surface area contributed by atoms with Crippen molar-refractivity contribution >= 4 is 33.4 Å². The standard InChI is InChI=1S/C12H12ClNO2S/c1-3-17(2)11-10(15)8-5-4-7(13)6-9(8)14-12(11)16/h4-6H,3H2,1-2H3,(H-,14,15,16). The lowest BCUT2D eigenvalue weighted by Crippen LogP contribution is -2.21. The number of fused-ring (bicyclic) bond motifs is 1. The number of H-pyrrole nitrogens is 1. The van der Waals surface area contributed by atoms with E-state index in [-0.39, 0.29) is 22.2 Å². The van der Waals surface area contributed by atoms with Crippen molar-refractivity contribution in [2.45, 2.75) is 11.8 Å². The summed E-state index contributed by atoms with van der Waals surface area (Å²) in [5, 5.41) is 13.2. The summed E-state index contributed by atoms with van der Waals surface area (Å²) in [4.78, 5) is 15.0. The number of hydrogen-bond donors (Lipinski definition) is 1. The van der Waals surface area contributed by atoms with Crippen molar-refractivity contribution in [2.24, 2.45) is 0 Å². The number of hydrogen-bond acceptors (Lipinski definition) is 2. The average Bonchev–Trinajstić information content (AvgIpc) is 2.28. The minimum absolute atomic E-state index is 0.173. The van der Waals surface area contributed by atoms with Gasteiger partial charge < -0.3 is 10.1 Å². The number of nitrogens with one attached hydrogen (secondary N) is 1. The Balaban J connectivity index is 2.81. The molecule has 0 aliphatic rings. The third kappa shape index (κ3) is 2.15. The van der Waals surface area contributed by atoms with E-state index < -0.39 is 0 Å². The molecule has 1 heterocycles. The van der Waals surface area contributed by atoms with Crippen molar-refractivity contribution in [2.75, 3.05) is 12.0 Å². The van der Waals surface area contributed by atoms with E-state index in [4.69, 9.17) is 11.6 Å². The summed E-state index contributed by atoms with van der Waals surface area (Å²) in [5.74, 6) is 0.616. The summed E-state index contributed by atoms with van der Waals surface area (Å²) in [6.45, 7) is 1.97. The number of halogens is 1. The van der Waals surface area contributed by atoms with E-state index in [1.165, 1.54) is 0 Å². The molecule has 5 heteroatoms. The minimum atomic E-state index is -0.314. The van der Waals surface area contributed by atoms with Gasteiger partial charge in [-0.1, -0.05) is 17.7 Å². The van der Waals surface area contributed by atoms with Crippen molar-refractivity contribution in [1.29, 1.82) is 0 Å². The van der Waals surface area contributed by atoms with Gasteiger partial charge >= 0.3 is 5.56 Å². The van der Waals surface area contributed by atoms with Crippen LogP contribution in [0, 0.1) is 0 Å². The van der Waals surface area contributed by atoms with Gasteiger partial charge in [-0.15, -0.1) is 0 Å². The van der Waals surface area contributed by atoms with Crippen molar-refractivity contribution in [3.63, 3.8) is 0 Å². The highest BCUT2D eigenvalue weighted by Gasteiger charge is 2.20. The highest BCUT2D eigenvalue weighted by molar-refractivity contribution is 7.96. The van der Waals surface area contributed by atoms with Gasteiger partial charge in [0.05, 0.1) is 0 Å². The molecule has 1 aromatic heterocycles. The maximum absolute atomic E-state index is 12.2. The molecule has 17 heavy (non-hydrogen) atoms. The summed E-state index contributed by atoms with van der Waals surface area (Å²) in [7, 11) is -0.314. The van der Waals surface area contributed by atoms with E-state index in [2.05, 4.69) is 4.98 Å². The van der Waals surface area contributed by atoms with Gasteiger partial charge in [0.1, 0.15) is 12.0 Å². The molecule has 0 aliphatic heterocycles. The molecular weight excluding hydrogens is 258 g/mol. The molecular formula is C12H12ClNO2S. The Morgan fingerprint density at radius 3 is 2.82 bits per heavy atom. The molecule has 0 fully saturated rings. The summed E-state index contributed by atoms with van der Waals surface area (Å²) in [6, 6.07) is 4.92. The van der Waals surface area contributed by atoms with Gasteiger partial charge in [0, 0.05) is 21.4 Å². The molecule has 0 aliphatic carbocycles. The first-order chi connectivity index (χ1) is 8.04. The lowest BCUT2D eigenvalue weighted by Gasteiger charge is -2.13. The zero-order valence-electron chi connectivity index (χ0n) is 9.54. The van der Waals surface area contributed by atoms with Crippen LogP contribution in [0.15, 0.2) is 27.9 Å². The van der Waals surface area contributed by atoms with E-state index in [1.54, 1.807) is 18.2 Å². The van der Waals surface area contributed by atoms with E-state index >= 15 is 0 Å². The first kappa shape index (κ1) is 12.3. The summed E-state index contributed by atoms with van der Waals surface area (Å²) < 4.78 is 0. The maximum Gasteiger partial charge on any atom is 0.303 e. The summed E-state index contributed by atoms with van der Waals surface area (Å²) in [5.41, 5.74) is 0.210. The highest BCUT2D eigenvalue weighted by Crippen LogP contribution is 2.27. The Kier molecular flexibility index (Phi) is 3.35. The van der Waals surface area contributed by atoms with Crippen LogP contribution < -0.4 is 10.7 Å². The van der Waals surface area contributed by atoms with Crippen LogP contribution in [-0.4, -0.2) is 17.0 Å². The zero-order valence-corrected chi connectivity index (χ0v) is 11.1. The molecule has 1 aromatic carbocycles. The molecule has 0 amide bonds. The van der Waals surface area contributed by atoms with Gasteiger partial charge in [0.15, 0.2) is 0 Å². The number of benzene rings is 1. The first-order valence-corrected chi connectivity index (χ1v) is 7.37. The molecule has 3 nitrogen and oxygen atoms in total. The summed E-state index contributed by atoms with van der Waals surface area (Å²) in [6.07, 6.45) is 1.91. The molecule has 1 N–H and O–H groups in total. The van der Waals surface area contributed by atoms with Gasteiger partial charge in [-0.25, -0.2) is 0 Å². The maximum atomic E-state index is 12.2. The Morgan fingerprint density at radius 1 is 1.47 bits per heavy atom. The Labute approximate surface area is 107 Å². The molecule has 0 radical (unpaired) electrons. The van der Waals surface area contributed by atoms with Gasteiger partial charge in [0.2, 0.25) is 4.90 Å². The van der Waals surface area contributed by atoms with Crippen molar-refractivity contribution in [3.05, 3.63) is 33.6 Å². The minimum Gasteiger partial charge on any atom is -0.868 e. The van der Waals surface area contributed by atoms with Crippen LogP contribution in [0.1, 0.15) is 6.92 Å². The van der Waals surface area contributed by atoms with Crippen molar-refractivity contribution in [1.82, 2.24) is 4.98 Å². The predicted molar refractivity (Wildman–Crippen MR) is 71.1 cm³/mol. The fourth-order valence-electron chi connectivity index (χ4n) is 1.68. The fourth-order valence-corrected chi connectivity index (χ4v) is 2.94. The molecule has 0 spiro atoms. The van der Waals surface area contributed by atoms with Crippen LogP contribution in [-0.2, 0) is 10.9 Å². The normalized spacial score (nSPS) is 12.9. The Bertz CT molecular complexity index is 624. The SMILES string of the molecule is CC[S+](C)c1c([O-])c2ccc(Cl)cc2[nH]c1=O. The zero-order chi connectivity index (χ0) is 12.6. The van der Waals surface area contributed by atoms with E-state index in [0.717, 1.165) is 5.75 Å². The third-order valence-electron chi connectivity index (χ3n) is 2.67. The molecule has 0 bridgehead atoms. The molecule has 1 atom stereocenters. The number of pyridine rings is 1. The largest absolute Gasteiger partial charge is 0.868 e. The molecule has 1 unspecified atom stereocenters. The summed E-state index contributed by atoms with van der Waals surface area (Å²) >= 11 is 5.83. The lowest BCUT2D eigenvalue weighted by molar-refractivity contribution is -0.270. The van der Waals surface area contributed by atoms with Gasteiger partial charge in [-0.2, -0.15) is 0 Å². The first-order valence-electron chi connectivity index (χ1n) is 5.19. The quantitative estimate of drug-likeness (QED) is 0.847. The number of rotatable bonds is 2. The second kappa shape index (κ2) is 4.63. The van der Waals surface area contributed by atoms with E-state index in [1.807, 2.05) is 13.2 Å². The van der Waals surface area contributed by atoms with Crippen LogP contribution in [0.3, 0.4) is 0 Å². The second-order valence-corrected chi connectivity index (χ2v) is 6.42. The molecule has 90 valence electrons. The van der Waals surface area contributed by atoms with E-state index in [9.17, 15) is 9.90 Å². The molecule has 2 rings (SSSR count). The van der Waals surface area contributed by atoms with Crippen molar-refractivity contribution in [3.8, 4) is 5.75 Å². The van der Waals surface area contributed by atoms with Gasteiger partial charge in [-0.05, 0) is 30.2 Å². The van der Waals surface area contributed by atoms with Crippen LogP contribution in [0.5, 0.6) is 5.75 Å². The molecule has 2 aromatic rings. The Hall–Kier alpha value is -1.13. The van der Waals surface area contributed by atoms with Crippen molar-refractivity contribution < 1.29 is 5.11 Å². The number of aromatic amines is 1. The van der Waals surface area contributed by atoms with Gasteiger partial charge in [0.25, 0.3) is 0 Å². The Morgan fingerprint density at radius 2 is 2.18 bits per heavy atom. The average molecular weight is 270 g/mol. The molecule has 0 saturated heterocycles.